The molecular weight excluding hydrogens is 376 g/mol. The highest BCUT2D eigenvalue weighted by Crippen LogP contribution is 2.29. The number of halogens is 1. The van der Waals surface area contributed by atoms with Crippen molar-refractivity contribution in [2.24, 2.45) is 0 Å². The minimum Gasteiger partial charge on any atom is -0.506 e. The van der Waals surface area contributed by atoms with Crippen molar-refractivity contribution in [2.75, 3.05) is 25.5 Å². The lowest BCUT2D eigenvalue weighted by Crippen LogP contribution is -2.25. The highest BCUT2D eigenvalue weighted by atomic mass is 35.5. The van der Waals surface area contributed by atoms with Crippen molar-refractivity contribution < 1.29 is 14.6 Å². The van der Waals surface area contributed by atoms with E-state index in [1.54, 1.807) is 0 Å². The maximum absolute atomic E-state index is 12.1. The lowest BCUT2D eigenvalue weighted by atomic mass is 10.1. The van der Waals surface area contributed by atoms with Crippen molar-refractivity contribution in [1.82, 2.24) is 5.32 Å². The molecule has 0 radical (unpaired) electrons. The summed E-state index contributed by atoms with van der Waals surface area (Å²) in [6.45, 7) is 4.11. The van der Waals surface area contributed by atoms with Crippen molar-refractivity contribution in [2.45, 2.75) is 77.6 Å². The summed E-state index contributed by atoms with van der Waals surface area (Å²) in [7, 11) is 0. The van der Waals surface area contributed by atoms with E-state index in [9.17, 15) is 9.90 Å². The average Bonchev–Trinajstić information content (AvgIpc) is 2.67. The van der Waals surface area contributed by atoms with Crippen molar-refractivity contribution in [3.63, 3.8) is 0 Å². The van der Waals surface area contributed by atoms with Crippen LogP contribution in [0.5, 0.6) is 5.75 Å². The summed E-state index contributed by atoms with van der Waals surface area (Å²) in [5, 5.41) is 12.7. The molecule has 0 atom stereocenters. The first kappa shape index (κ1) is 24.6. The zero-order valence-electron chi connectivity index (χ0n) is 17.3. The quantitative estimate of drug-likeness (QED) is 0.185. The number of hydrogen-bond acceptors (Lipinski definition) is 4. The number of benzene rings is 1. The molecule has 1 aromatic rings. The van der Waals surface area contributed by atoms with E-state index in [0.29, 0.717) is 18.8 Å². The van der Waals surface area contributed by atoms with Gasteiger partial charge < -0.3 is 20.9 Å². The molecule has 0 heterocycles. The van der Waals surface area contributed by atoms with Crippen LogP contribution in [0.1, 0.15) is 87.9 Å². The third-order valence-electron chi connectivity index (χ3n) is 4.72. The average molecular weight is 413 g/mol. The van der Waals surface area contributed by atoms with E-state index in [4.69, 9.17) is 22.1 Å². The van der Waals surface area contributed by atoms with Crippen LogP contribution in [0.3, 0.4) is 0 Å². The van der Waals surface area contributed by atoms with Gasteiger partial charge in [-0.3, -0.25) is 4.79 Å². The SMILES string of the molecule is CCCCCCCCCCCCOCCCNC(=O)c1cc(N)cc(Cl)c1O. The van der Waals surface area contributed by atoms with Crippen molar-refractivity contribution in [3.05, 3.63) is 22.7 Å². The van der Waals surface area contributed by atoms with E-state index >= 15 is 0 Å². The predicted molar refractivity (Wildman–Crippen MR) is 117 cm³/mol. The van der Waals surface area contributed by atoms with Crippen LogP contribution in [0.4, 0.5) is 5.69 Å². The van der Waals surface area contributed by atoms with Crippen LogP contribution in [-0.2, 0) is 4.74 Å². The zero-order chi connectivity index (χ0) is 20.6. The van der Waals surface area contributed by atoms with Gasteiger partial charge in [0.05, 0.1) is 10.6 Å². The maximum atomic E-state index is 12.1. The third kappa shape index (κ3) is 10.8. The molecule has 28 heavy (non-hydrogen) atoms. The number of ether oxygens (including phenoxy) is 1. The normalized spacial score (nSPS) is 10.9. The van der Waals surface area contributed by atoms with E-state index in [0.717, 1.165) is 19.4 Å². The molecule has 1 aromatic carbocycles. The number of carbonyl (C=O) groups is 1. The van der Waals surface area contributed by atoms with Crippen LogP contribution in [0.15, 0.2) is 12.1 Å². The van der Waals surface area contributed by atoms with Gasteiger partial charge in [-0.2, -0.15) is 0 Å². The molecule has 0 fully saturated rings. The number of hydrogen-bond donors (Lipinski definition) is 3. The summed E-state index contributed by atoms with van der Waals surface area (Å²) in [6.07, 6.45) is 13.9. The Kier molecular flexibility index (Phi) is 13.6. The molecule has 5 nitrogen and oxygen atoms in total. The smallest absolute Gasteiger partial charge is 0.255 e. The summed E-state index contributed by atoms with van der Waals surface area (Å²) in [6, 6.07) is 2.83. The Morgan fingerprint density at radius 2 is 1.57 bits per heavy atom. The number of unbranched alkanes of at least 4 members (excludes halogenated alkanes) is 9. The fourth-order valence-corrected chi connectivity index (χ4v) is 3.29. The van der Waals surface area contributed by atoms with Crippen LogP contribution in [0.25, 0.3) is 0 Å². The Hall–Kier alpha value is -1.46. The molecule has 0 saturated heterocycles. The summed E-state index contributed by atoms with van der Waals surface area (Å²) in [5.74, 6) is -0.632. The number of nitrogen functional groups attached to an aromatic ring is 1. The lowest BCUT2D eigenvalue weighted by molar-refractivity contribution is 0.0937. The fraction of sp³-hybridized carbons (Fsp3) is 0.682. The number of anilines is 1. The van der Waals surface area contributed by atoms with Crippen molar-refractivity contribution in [3.8, 4) is 5.75 Å². The molecule has 6 heteroatoms. The molecule has 0 spiro atoms. The van der Waals surface area contributed by atoms with Crippen LogP contribution in [0.2, 0.25) is 5.02 Å². The highest BCUT2D eigenvalue weighted by Gasteiger charge is 2.14. The van der Waals surface area contributed by atoms with Gasteiger partial charge in [-0.25, -0.2) is 0 Å². The van der Waals surface area contributed by atoms with Gasteiger partial charge in [0.1, 0.15) is 5.75 Å². The van der Waals surface area contributed by atoms with Gasteiger partial charge in [-0.05, 0) is 25.0 Å². The predicted octanol–water partition coefficient (Wildman–Crippen LogP) is 5.69. The molecule has 1 rings (SSSR count). The first-order valence-electron chi connectivity index (χ1n) is 10.7. The second-order valence-electron chi connectivity index (χ2n) is 7.30. The molecule has 0 aliphatic heterocycles. The van der Waals surface area contributed by atoms with E-state index in [-0.39, 0.29) is 22.2 Å². The number of carbonyl (C=O) groups excluding carboxylic acids is 1. The Morgan fingerprint density at radius 3 is 2.21 bits per heavy atom. The van der Waals surface area contributed by atoms with E-state index < -0.39 is 0 Å². The van der Waals surface area contributed by atoms with Gasteiger partial charge in [0, 0.05) is 25.4 Å². The summed E-state index contributed by atoms with van der Waals surface area (Å²) in [5.41, 5.74) is 6.09. The monoisotopic (exact) mass is 412 g/mol. The molecular formula is C22H37ClN2O3. The van der Waals surface area contributed by atoms with Gasteiger partial charge in [0.25, 0.3) is 5.91 Å². The number of nitrogens with two attached hydrogens (primary N) is 1. The fourth-order valence-electron chi connectivity index (χ4n) is 3.06. The first-order valence-corrected chi connectivity index (χ1v) is 11.1. The number of phenols is 1. The largest absolute Gasteiger partial charge is 0.506 e. The van der Waals surface area contributed by atoms with Crippen LogP contribution >= 0.6 is 11.6 Å². The Balaban J connectivity index is 1.95. The Morgan fingerprint density at radius 1 is 1.00 bits per heavy atom. The summed E-state index contributed by atoms with van der Waals surface area (Å²) < 4.78 is 5.61. The van der Waals surface area contributed by atoms with Gasteiger partial charge in [0.2, 0.25) is 0 Å². The summed E-state index contributed by atoms with van der Waals surface area (Å²) >= 11 is 5.83. The Bertz CT molecular complexity index is 567. The summed E-state index contributed by atoms with van der Waals surface area (Å²) in [4.78, 5) is 12.1. The van der Waals surface area contributed by atoms with Crippen LogP contribution in [-0.4, -0.2) is 30.8 Å². The number of aromatic hydroxyl groups is 1. The second kappa shape index (κ2) is 15.5. The first-order chi connectivity index (χ1) is 13.6. The van der Waals surface area contributed by atoms with Crippen molar-refractivity contribution in [1.29, 1.82) is 0 Å². The molecule has 0 bridgehead atoms. The van der Waals surface area contributed by atoms with Gasteiger partial charge in [0.15, 0.2) is 0 Å². The molecule has 0 unspecified atom stereocenters. The lowest BCUT2D eigenvalue weighted by Gasteiger charge is -2.09. The topological polar surface area (TPSA) is 84.6 Å². The molecule has 0 saturated carbocycles. The van der Waals surface area contributed by atoms with Gasteiger partial charge >= 0.3 is 0 Å². The zero-order valence-corrected chi connectivity index (χ0v) is 18.0. The molecule has 1 amide bonds. The van der Waals surface area contributed by atoms with E-state index in [1.807, 2.05) is 0 Å². The molecule has 160 valence electrons. The van der Waals surface area contributed by atoms with Gasteiger partial charge in [-0.15, -0.1) is 0 Å². The second-order valence-corrected chi connectivity index (χ2v) is 7.71. The van der Waals surface area contributed by atoms with Crippen molar-refractivity contribution >= 4 is 23.2 Å². The standard InChI is InChI=1S/C22H37ClN2O3/c1-2-3-4-5-6-7-8-9-10-11-14-28-15-12-13-25-22(27)19-16-18(24)17-20(23)21(19)26/h16-17,26H,2-15,24H2,1H3,(H,25,27). The Labute approximate surface area is 175 Å². The van der Waals surface area contributed by atoms with E-state index in [1.165, 1.54) is 69.9 Å². The molecule has 0 aliphatic carbocycles. The van der Waals surface area contributed by atoms with Gasteiger partial charge in [-0.1, -0.05) is 76.3 Å². The molecule has 0 aromatic heterocycles. The maximum Gasteiger partial charge on any atom is 0.255 e. The minimum atomic E-state index is -0.388. The molecule has 4 N–H and O–H groups in total. The third-order valence-corrected chi connectivity index (χ3v) is 5.01. The number of amides is 1. The minimum absolute atomic E-state index is 0.0741. The number of phenolic OH excluding ortho intramolecular Hbond substituents is 1. The number of nitrogens with one attached hydrogen (secondary N) is 1. The van der Waals surface area contributed by atoms with E-state index in [2.05, 4.69) is 12.2 Å². The van der Waals surface area contributed by atoms with Crippen LogP contribution in [0, 0.1) is 0 Å². The highest BCUT2D eigenvalue weighted by molar-refractivity contribution is 6.33. The van der Waals surface area contributed by atoms with Crippen LogP contribution < -0.4 is 11.1 Å². The molecule has 0 aliphatic rings. The number of rotatable bonds is 16.